The zero-order chi connectivity index (χ0) is 19.8. The smallest absolute Gasteiger partial charge is 0.355 e. The van der Waals surface area contributed by atoms with Crippen molar-refractivity contribution in [3.63, 3.8) is 0 Å². The number of anilines is 1. The van der Waals surface area contributed by atoms with Crippen molar-refractivity contribution in [2.24, 2.45) is 0 Å². The Morgan fingerprint density at radius 3 is 2.30 bits per heavy atom. The van der Waals surface area contributed by atoms with Crippen molar-refractivity contribution in [3.05, 3.63) is 70.9 Å². The lowest BCUT2D eigenvalue weighted by molar-refractivity contribution is -0.149. The van der Waals surface area contributed by atoms with Gasteiger partial charge in [-0.1, -0.05) is 54.1 Å². The van der Waals surface area contributed by atoms with Crippen molar-refractivity contribution in [3.8, 4) is 0 Å². The van der Waals surface area contributed by atoms with Gasteiger partial charge in [0, 0.05) is 6.92 Å². The Hall–Kier alpha value is -3.12. The Kier molecular flexibility index (Phi) is 7.14. The highest BCUT2D eigenvalue weighted by molar-refractivity contribution is 6.33. The second-order valence-electron chi connectivity index (χ2n) is 5.67. The quantitative estimate of drug-likeness (QED) is 0.588. The zero-order valence-electron chi connectivity index (χ0n) is 14.9. The fraction of sp³-hybridized carbons (Fsp3) is 0.150. The van der Waals surface area contributed by atoms with E-state index in [0.29, 0.717) is 16.3 Å². The van der Waals surface area contributed by atoms with Gasteiger partial charge in [0.15, 0.2) is 6.10 Å². The van der Waals surface area contributed by atoms with Gasteiger partial charge in [-0.2, -0.15) is 0 Å². The minimum absolute atomic E-state index is 0.0638. The molecule has 0 radical (unpaired) electrons. The molecule has 2 aromatic carbocycles. The van der Waals surface area contributed by atoms with Gasteiger partial charge in [0.2, 0.25) is 5.91 Å². The first-order valence-corrected chi connectivity index (χ1v) is 8.55. The summed E-state index contributed by atoms with van der Waals surface area (Å²) in [6, 6.07) is 15.7. The highest BCUT2D eigenvalue weighted by atomic mass is 35.5. The highest BCUT2D eigenvalue weighted by Crippen LogP contribution is 2.20. The summed E-state index contributed by atoms with van der Waals surface area (Å²) in [7, 11) is 0. The summed E-state index contributed by atoms with van der Waals surface area (Å²) in [5, 5.41) is 5.38. The van der Waals surface area contributed by atoms with Crippen LogP contribution >= 0.6 is 11.6 Å². The lowest BCUT2D eigenvalue weighted by atomic mass is 10.2. The molecule has 0 aromatic heterocycles. The maximum Gasteiger partial charge on any atom is 0.355 e. The molecule has 2 aromatic rings. The van der Waals surface area contributed by atoms with Gasteiger partial charge in [-0.15, -0.1) is 0 Å². The van der Waals surface area contributed by atoms with Gasteiger partial charge in [0.05, 0.1) is 10.7 Å². The number of nitrogens with one attached hydrogen (secondary N) is 2. The van der Waals surface area contributed by atoms with Crippen molar-refractivity contribution in [2.45, 2.75) is 20.0 Å². The van der Waals surface area contributed by atoms with Gasteiger partial charge in [0.1, 0.15) is 5.70 Å². The third-order valence-corrected chi connectivity index (χ3v) is 3.76. The Morgan fingerprint density at radius 1 is 1.04 bits per heavy atom. The molecule has 0 fully saturated rings. The highest BCUT2D eigenvalue weighted by Gasteiger charge is 2.22. The van der Waals surface area contributed by atoms with Gasteiger partial charge in [-0.3, -0.25) is 9.59 Å². The van der Waals surface area contributed by atoms with E-state index in [0.717, 1.165) is 0 Å². The van der Waals surface area contributed by atoms with Crippen molar-refractivity contribution >= 4 is 41.1 Å². The van der Waals surface area contributed by atoms with Crippen LogP contribution in [0.1, 0.15) is 19.4 Å². The summed E-state index contributed by atoms with van der Waals surface area (Å²) in [5.74, 6) is -1.79. The molecule has 27 heavy (non-hydrogen) atoms. The third kappa shape index (κ3) is 6.27. The summed E-state index contributed by atoms with van der Waals surface area (Å²) < 4.78 is 5.18. The molecule has 0 aliphatic rings. The van der Waals surface area contributed by atoms with Crippen LogP contribution in [0.3, 0.4) is 0 Å². The van der Waals surface area contributed by atoms with Gasteiger partial charge >= 0.3 is 5.97 Å². The number of carbonyl (C=O) groups is 3. The summed E-state index contributed by atoms with van der Waals surface area (Å²) >= 11 is 6.00. The average molecular weight is 387 g/mol. The molecule has 0 heterocycles. The van der Waals surface area contributed by atoms with E-state index >= 15 is 0 Å². The van der Waals surface area contributed by atoms with Crippen molar-refractivity contribution < 1.29 is 19.1 Å². The van der Waals surface area contributed by atoms with E-state index in [-0.39, 0.29) is 5.70 Å². The second-order valence-corrected chi connectivity index (χ2v) is 6.07. The van der Waals surface area contributed by atoms with E-state index in [2.05, 4.69) is 10.6 Å². The maximum absolute atomic E-state index is 12.4. The molecule has 0 aliphatic carbocycles. The monoisotopic (exact) mass is 386 g/mol. The van der Waals surface area contributed by atoms with E-state index in [1.165, 1.54) is 19.9 Å². The molecule has 0 saturated carbocycles. The lowest BCUT2D eigenvalue weighted by Gasteiger charge is -2.15. The zero-order valence-corrected chi connectivity index (χ0v) is 15.6. The number of hydrogen-bond acceptors (Lipinski definition) is 4. The summed E-state index contributed by atoms with van der Waals surface area (Å²) in [6.07, 6.45) is 0.379. The number of esters is 1. The summed E-state index contributed by atoms with van der Waals surface area (Å²) in [4.78, 5) is 36.0. The Labute approximate surface area is 162 Å². The van der Waals surface area contributed by atoms with Crippen LogP contribution in [-0.4, -0.2) is 23.9 Å². The van der Waals surface area contributed by atoms with Gasteiger partial charge in [-0.25, -0.2) is 4.79 Å². The van der Waals surface area contributed by atoms with Crippen LogP contribution in [0, 0.1) is 0 Å². The fourth-order valence-corrected chi connectivity index (χ4v) is 2.31. The number of hydrogen-bond donors (Lipinski definition) is 2. The molecule has 2 amide bonds. The lowest BCUT2D eigenvalue weighted by Crippen LogP contribution is -2.33. The van der Waals surface area contributed by atoms with Crippen molar-refractivity contribution in [2.75, 3.05) is 5.32 Å². The van der Waals surface area contributed by atoms with E-state index in [9.17, 15) is 14.4 Å². The predicted octanol–water partition coefficient (Wildman–Crippen LogP) is 3.39. The summed E-state index contributed by atoms with van der Waals surface area (Å²) in [6.45, 7) is 2.71. The van der Waals surface area contributed by atoms with Crippen LogP contribution in [-0.2, 0) is 19.1 Å². The number of halogens is 1. The third-order valence-electron chi connectivity index (χ3n) is 3.43. The van der Waals surface area contributed by atoms with Crippen LogP contribution < -0.4 is 10.6 Å². The first kappa shape index (κ1) is 20.2. The van der Waals surface area contributed by atoms with Crippen molar-refractivity contribution in [1.29, 1.82) is 0 Å². The molecule has 2 N–H and O–H groups in total. The first-order valence-electron chi connectivity index (χ1n) is 8.17. The van der Waals surface area contributed by atoms with E-state index in [4.69, 9.17) is 16.3 Å². The normalized spacial score (nSPS) is 12.0. The fourth-order valence-electron chi connectivity index (χ4n) is 2.13. The molecular formula is C20H19ClN2O4. The Morgan fingerprint density at radius 2 is 1.67 bits per heavy atom. The van der Waals surface area contributed by atoms with E-state index < -0.39 is 23.9 Å². The van der Waals surface area contributed by atoms with E-state index in [1.807, 2.05) is 6.07 Å². The minimum atomic E-state index is -1.10. The average Bonchev–Trinajstić information content (AvgIpc) is 2.63. The molecule has 7 heteroatoms. The molecule has 140 valence electrons. The maximum atomic E-state index is 12.4. The molecular weight excluding hydrogens is 368 g/mol. The van der Waals surface area contributed by atoms with Gasteiger partial charge < -0.3 is 15.4 Å². The molecule has 6 nitrogen and oxygen atoms in total. The SMILES string of the molecule is CC(=O)N/C(=C\c1ccccc1)C(=O)O[C@@H](C)C(=O)Nc1ccccc1Cl. The number of para-hydroxylation sites is 1. The van der Waals surface area contributed by atoms with Crippen LogP contribution in [0.2, 0.25) is 5.02 Å². The van der Waals surface area contributed by atoms with Gasteiger partial charge in [0.25, 0.3) is 5.91 Å². The van der Waals surface area contributed by atoms with Crippen LogP contribution in [0.15, 0.2) is 60.3 Å². The number of rotatable bonds is 6. The van der Waals surface area contributed by atoms with Crippen LogP contribution in [0.25, 0.3) is 6.08 Å². The number of benzene rings is 2. The number of carbonyl (C=O) groups excluding carboxylic acids is 3. The van der Waals surface area contributed by atoms with E-state index in [1.54, 1.807) is 48.5 Å². The van der Waals surface area contributed by atoms with Crippen LogP contribution in [0.4, 0.5) is 5.69 Å². The molecule has 1 atom stereocenters. The predicted molar refractivity (Wildman–Crippen MR) is 104 cm³/mol. The molecule has 0 bridgehead atoms. The minimum Gasteiger partial charge on any atom is -0.448 e. The summed E-state index contributed by atoms with van der Waals surface area (Å²) in [5.41, 5.74) is 1.05. The molecule has 2 rings (SSSR count). The van der Waals surface area contributed by atoms with Crippen molar-refractivity contribution in [1.82, 2.24) is 5.32 Å². The number of amides is 2. The molecule has 0 spiro atoms. The standard InChI is InChI=1S/C20H19ClN2O4/c1-13(19(25)23-17-11-7-6-10-16(17)21)27-20(26)18(22-14(2)24)12-15-8-4-3-5-9-15/h3-13H,1-2H3,(H,22,24)(H,23,25)/b18-12-/t13-/m0/s1. The first-order chi connectivity index (χ1) is 12.9. The van der Waals surface area contributed by atoms with Crippen LogP contribution in [0.5, 0.6) is 0 Å². The second kappa shape index (κ2) is 9.54. The van der Waals surface area contributed by atoms with Gasteiger partial charge in [-0.05, 0) is 30.7 Å². The Balaban J connectivity index is 2.09. The topological polar surface area (TPSA) is 84.5 Å². The largest absolute Gasteiger partial charge is 0.448 e. The molecule has 0 saturated heterocycles. The Bertz CT molecular complexity index is 865. The number of ether oxygens (including phenoxy) is 1. The molecule has 0 unspecified atom stereocenters. The molecule has 0 aliphatic heterocycles.